The summed E-state index contributed by atoms with van der Waals surface area (Å²) in [6.45, 7) is 3.12. The number of rotatable bonds is 4. The maximum atomic E-state index is 11.6. The number of amides is 1. The van der Waals surface area contributed by atoms with Crippen molar-refractivity contribution in [2.75, 3.05) is 26.4 Å². The van der Waals surface area contributed by atoms with Gasteiger partial charge in [-0.3, -0.25) is 4.79 Å². The predicted octanol–water partition coefficient (Wildman–Crippen LogP) is 1.10. The third kappa shape index (κ3) is 3.76. The van der Waals surface area contributed by atoms with Crippen LogP contribution in [0.15, 0.2) is 0 Å². The molecule has 2 rings (SSSR count). The highest BCUT2D eigenvalue weighted by Gasteiger charge is 2.19. The first-order valence-electron chi connectivity index (χ1n) is 6.30. The van der Waals surface area contributed by atoms with Gasteiger partial charge >= 0.3 is 0 Å². The molecule has 2 heterocycles. The molecule has 2 aliphatic heterocycles. The van der Waals surface area contributed by atoms with E-state index in [2.05, 4.69) is 5.32 Å². The number of ether oxygens (including phenoxy) is 2. The lowest BCUT2D eigenvalue weighted by Crippen LogP contribution is -2.34. The average molecular weight is 227 g/mol. The van der Waals surface area contributed by atoms with Crippen molar-refractivity contribution < 1.29 is 14.3 Å². The van der Waals surface area contributed by atoms with Gasteiger partial charge < -0.3 is 14.8 Å². The van der Waals surface area contributed by atoms with Crippen LogP contribution in [0, 0.1) is 5.92 Å². The molecule has 0 aromatic heterocycles. The molecule has 0 aromatic rings. The van der Waals surface area contributed by atoms with Gasteiger partial charge in [-0.05, 0) is 31.6 Å². The van der Waals surface area contributed by atoms with Crippen LogP contribution in [0.5, 0.6) is 0 Å². The van der Waals surface area contributed by atoms with E-state index in [1.165, 1.54) is 0 Å². The van der Waals surface area contributed by atoms with Crippen LogP contribution in [0.1, 0.15) is 32.1 Å². The Hall–Kier alpha value is -0.610. The van der Waals surface area contributed by atoms with Gasteiger partial charge in [0.2, 0.25) is 5.91 Å². The molecule has 16 heavy (non-hydrogen) atoms. The fourth-order valence-electron chi connectivity index (χ4n) is 2.34. The number of nitrogens with one attached hydrogen (secondary N) is 1. The van der Waals surface area contributed by atoms with Gasteiger partial charge in [-0.2, -0.15) is 0 Å². The third-order valence-corrected chi connectivity index (χ3v) is 3.28. The minimum atomic E-state index is 0.144. The number of hydrogen-bond acceptors (Lipinski definition) is 3. The molecule has 2 unspecified atom stereocenters. The van der Waals surface area contributed by atoms with Crippen LogP contribution in [0.2, 0.25) is 0 Å². The van der Waals surface area contributed by atoms with Crippen LogP contribution in [0.4, 0.5) is 0 Å². The molecule has 92 valence electrons. The first-order chi connectivity index (χ1) is 7.84. The van der Waals surface area contributed by atoms with Crippen LogP contribution in [-0.2, 0) is 14.3 Å². The molecule has 0 spiro atoms. The quantitative estimate of drug-likeness (QED) is 0.782. The Bertz CT molecular complexity index is 220. The predicted molar refractivity (Wildman–Crippen MR) is 60.1 cm³/mol. The standard InChI is InChI=1S/C12H21NO3/c14-12(7-10-3-1-5-15-9-10)13-8-11-4-2-6-16-11/h10-11H,1-9H2,(H,13,14). The number of hydrogen-bond donors (Lipinski definition) is 1. The maximum Gasteiger partial charge on any atom is 0.220 e. The van der Waals surface area contributed by atoms with Gasteiger partial charge in [0.1, 0.15) is 0 Å². The summed E-state index contributed by atoms with van der Waals surface area (Å²) in [6.07, 6.45) is 5.25. The monoisotopic (exact) mass is 227 g/mol. The molecule has 1 N–H and O–H groups in total. The van der Waals surface area contributed by atoms with Gasteiger partial charge in [0, 0.05) is 32.8 Å². The summed E-state index contributed by atoms with van der Waals surface area (Å²) in [4.78, 5) is 11.6. The lowest BCUT2D eigenvalue weighted by atomic mass is 9.98. The molecule has 0 aliphatic carbocycles. The van der Waals surface area contributed by atoms with Crippen molar-refractivity contribution in [3.05, 3.63) is 0 Å². The molecule has 2 saturated heterocycles. The van der Waals surface area contributed by atoms with Crippen LogP contribution in [0.25, 0.3) is 0 Å². The van der Waals surface area contributed by atoms with E-state index in [1.807, 2.05) is 0 Å². The molecule has 0 bridgehead atoms. The zero-order valence-corrected chi connectivity index (χ0v) is 9.74. The molecule has 0 saturated carbocycles. The van der Waals surface area contributed by atoms with Crippen molar-refractivity contribution in [1.82, 2.24) is 5.32 Å². The summed E-state index contributed by atoms with van der Waals surface area (Å²) in [7, 11) is 0. The molecule has 0 radical (unpaired) electrons. The highest BCUT2D eigenvalue weighted by molar-refractivity contribution is 5.76. The fourth-order valence-corrected chi connectivity index (χ4v) is 2.34. The first-order valence-corrected chi connectivity index (χ1v) is 6.30. The van der Waals surface area contributed by atoms with E-state index in [-0.39, 0.29) is 12.0 Å². The van der Waals surface area contributed by atoms with E-state index in [9.17, 15) is 4.79 Å². The average Bonchev–Trinajstić information content (AvgIpc) is 2.81. The highest BCUT2D eigenvalue weighted by Crippen LogP contribution is 2.17. The minimum absolute atomic E-state index is 0.144. The van der Waals surface area contributed by atoms with Crippen molar-refractivity contribution in [2.45, 2.75) is 38.2 Å². The number of carbonyl (C=O) groups is 1. The molecular formula is C12H21NO3. The van der Waals surface area contributed by atoms with Crippen LogP contribution in [-0.4, -0.2) is 38.4 Å². The number of carbonyl (C=O) groups excluding carboxylic acids is 1. The van der Waals surface area contributed by atoms with E-state index in [1.54, 1.807) is 0 Å². The van der Waals surface area contributed by atoms with Gasteiger partial charge in [-0.15, -0.1) is 0 Å². The minimum Gasteiger partial charge on any atom is -0.381 e. The third-order valence-electron chi connectivity index (χ3n) is 3.28. The Balaban J connectivity index is 1.59. The molecule has 2 fully saturated rings. The second kappa shape index (κ2) is 6.21. The Morgan fingerprint density at radius 1 is 1.25 bits per heavy atom. The smallest absolute Gasteiger partial charge is 0.220 e. The Morgan fingerprint density at radius 3 is 2.81 bits per heavy atom. The summed E-state index contributed by atoms with van der Waals surface area (Å²) in [6, 6.07) is 0. The lowest BCUT2D eigenvalue weighted by Gasteiger charge is -2.21. The molecule has 0 aromatic carbocycles. The first kappa shape index (κ1) is 11.9. The maximum absolute atomic E-state index is 11.6. The summed E-state index contributed by atoms with van der Waals surface area (Å²) in [5.41, 5.74) is 0. The SMILES string of the molecule is O=C(CC1CCCOC1)NCC1CCCO1. The largest absolute Gasteiger partial charge is 0.381 e. The van der Waals surface area contributed by atoms with E-state index >= 15 is 0 Å². The lowest BCUT2D eigenvalue weighted by molar-refractivity contribution is -0.123. The fraction of sp³-hybridized carbons (Fsp3) is 0.917. The van der Waals surface area contributed by atoms with Gasteiger partial charge in [-0.25, -0.2) is 0 Å². The van der Waals surface area contributed by atoms with E-state index < -0.39 is 0 Å². The second-order valence-corrected chi connectivity index (χ2v) is 4.73. The van der Waals surface area contributed by atoms with Crippen molar-refractivity contribution in [3.63, 3.8) is 0 Å². The van der Waals surface area contributed by atoms with Gasteiger partial charge in [0.25, 0.3) is 0 Å². The summed E-state index contributed by atoms with van der Waals surface area (Å²) < 4.78 is 10.8. The van der Waals surface area contributed by atoms with Crippen molar-refractivity contribution in [3.8, 4) is 0 Å². The van der Waals surface area contributed by atoms with Crippen LogP contribution < -0.4 is 5.32 Å². The van der Waals surface area contributed by atoms with E-state index in [0.29, 0.717) is 18.9 Å². The topological polar surface area (TPSA) is 47.6 Å². The van der Waals surface area contributed by atoms with Crippen molar-refractivity contribution >= 4 is 5.91 Å². The zero-order chi connectivity index (χ0) is 11.2. The second-order valence-electron chi connectivity index (χ2n) is 4.73. The van der Waals surface area contributed by atoms with E-state index in [4.69, 9.17) is 9.47 Å². The van der Waals surface area contributed by atoms with Gasteiger partial charge in [-0.1, -0.05) is 0 Å². The van der Waals surface area contributed by atoms with Gasteiger partial charge in [0.05, 0.1) is 6.10 Å². The molecule has 1 amide bonds. The molecular weight excluding hydrogens is 206 g/mol. The van der Waals surface area contributed by atoms with E-state index in [0.717, 1.165) is 45.5 Å². The van der Waals surface area contributed by atoms with Crippen molar-refractivity contribution in [1.29, 1.82) is 0 Å². The van der Waals surface area contributed by atoms with Crippen LogP contribution in [0.3, 0.4) is 0 Å². The zero-order valence-electron chi connectivity index (χ0n) is 9.74. The summed E-state index contributed by atoms with van der Waals surface area (Å²) in [5.74, 6) is 0.559. The molecule has 2 aliphatic rings. The molecule has 4 nitrogen and oxygen atoms in total. The normalized spacial score (nSPS) is 30.2. The van der Waals surface area contributed by atoms with Crippen molar-refractivity contribution in [2.24, 2.45) is 5.92 Å². The highest BCUT2D eigenvalue weighted by atomic mass is 16.5. The summed E-state index contributed by atoms with van der Waals surface area (Å²) in [5, 5.41) is 2.95. The molecule has 2 atom stereocenters. The van der Waals surface area contributed by atoms with Crippen LogP contribution >= 0.6 is 0 Å². The Morgan fingerprint density at radius 2 is 2.12 bits per heavy atom. The van der Waals surface area contributed by atoms with Gasteiger partial charge in [0.15, 0.2) is 0 Å². The summed E-state index contributed by atoms with van der Waals surface area (Å²) >= 11 is 0. The molecule has 4 heteroatoms. The Kier molecular flexibility index (Phi) is 4.60. The Labute approximate surface area is 96.7 Å².